The number of aliphatic hydroxyl groups is 1. The van der Waals surface area contributed by atoms with Gasteiger partial charge in [-0.25, -0.2) is 4.79 Å². The number of rotatable bonds is 3. The van der Waals surface area contributed by atoms with E-state index in [4.69, 9.17) is 15.9 Å². The van der Waals surface area contributed by atoms with E-state index in [1.807, 2.05) is 0 Å². The van der Waals surface area contributed by atoms with Crippen molar-refractivity contribution in [1.29, 1.82) is 0 Å². The number of carboxylic acid groups (broad SMARTS) is 1. The number of aliphatic carboxylic acids is 1. The van der Waals surface area contributed by atoms with Gasteiger partial charge in [0.15, 0.2) is 5.54 Å². The van der Waals surface area contributed by atoms with Crippen molar-refractivity contribution in [2.75, 3.05) is 0 Å². The molecule has 0 aliphatic heterocycles. The van der Waals surface area contributed by atoms with Gasteiger partial charge in [-0.3, -0.25) is 4.98 Å². The van der Waals surface area contributed by atoms with Crippen LogP contribution in [0.5, 0.6) is 0 Å². The lowest BCUT2D eigenvalue weighted by Gasteiger charge is -2.18. The van der Waals surface area contributed by atoms with Gasteiger partial charge in [-0.05, 0) is 19.1 Å². The number of pyridine rings is 1. The maximum absolute atomic E-state index is 10.8. The molecule has 5 nitrogen and oxygen atoms in total. The molecule has 0 radical (unpaired) electrons. The van der Waals surface area contributed by atoms with E-state index in [1.54, 1.807) is 12.1 Å². The Kier molecular flexibility index (Phi) is 2.83. The lowest BCUT2D eigenvalue weighted by atomic mass is 9.99. The Morgan fingerprint density at radius 3 is 2.79 bits per heavy atom. The molecular weight excluding hydrogens is 184 g/mol. The molecule has 1 aromatic heterocycles. The van der Waals surface area contributed by atoms with Crippen molar-refractivity contribution >= 4 is 5.97 Å². The van der Waals surface area contributed by atoms with Gasteiger partial charge in [0.1, 0.15) is 0 Å². The van der Waals surface area contributed by atoms with Crippen molar-refractivity contribution in [3.63, 3.8) is 0 Å². The maximum Gasteiger partial charge on any atom is 0.329 e. The monoisotopic (exact) mass is 196 g/mol. The fourth-order valence-electron chi connectivity index (χ4n) is 0.966. The Hall–Kier alpha value is -1.46. The van der Waals surface area contributed by atoms with Crippen LogP contribution in [0, 0.1) is 0 Å². The fraction of sp³-hybridized carbons (Fsp3) is 0.333. The number of hydrogen-bond acceptors (Lipinski definition) is 4. The second kappa shape index (κ2) is 3.73. The highest BCUT2D eigenvalue weighted by atomic mass is 16.4. The molecule has 5 heteroatoms. The minimum Gasteiger partial charge on any atom is -0.480 e. The van der Waals surface area contributed by atoms with Crippen LogP contribution in [0.3, 0.4) is 0 Å². The number of aromatic nitrogens is 1. The Labute approximate surface area is 81.2 Å². The topological polar surface area (TPSA) is 96.4 Å². The van der Waals surface area contributed by atoms with Gasteiger partial charge in [0.2, 0.25) is 0 Å². The normalized spacial score (nSPS) is 14.8. The van der Waals surface area contributed by atoms with Crippen LogP contribution in [0.15, 0.2) is 18.2 Å². The number of aliphatic hydroxyl groups excluding tert-OH is 1. The molecule has 1 heterocycles. The van der Waals surface area contributed by atoms with Crippen molar-refractivity contribution in [3.05, 3.63) is 29.6 Å². The van der Waals surface area contributed by atoms with Crippen LogP contribution in [-0.2, 0) is 16.9 Å². The first-order valence-electron chi connectivity index (χ1n) is 4.08. The zero-order valence-electron chi connectivity index (χ0n) is 7.77. The van der Waals surface area contributed by atoms with E-state index in [0.717, 1.165) is 0 Å². The van der Waals surface area contributed by atoms with E-state index in [0.29, 0.717) is 5.69 Å². The molecule has 1 atom stereocenters. The van der Waals surface area contributed by atoms with Crippen LogP contribution in [-0.4, -0.2) is 21.2 Å². The van der Waals surface area contributed by atoms with Crippen molar-refractivity contribution in [2.45, 2.75) is 19.1 Å². The standard InChI is InChI=1S/C9H12N2O3/c1-9(10,8(13)14)7-4-2-3-6(5-12)11-7/h2-4,12H,5,10H2,1H3,(H,13,14)/t9-/m1/s1. The summed E-state index contributed by atoms with van der Waals surface area (Å²) in [5.41, 5.74) is 4.67. The van der Waals surface area contributed by atoms with Crippen LogP contribution < -0.4 is 5.73 Å². The average molecular weight is 196 g/mol. The molecule has 0 saturated carbocycles. The maximum atomic E-state index is 10.8. The molecule has 0 saturated heterocycles. The van der Waals surface area contributed by atoms with E-state index >= 15 is 0 Å². The Balaban J connectivity index is 3.12. The molecule has 0 spiro atoms. The lowest BCUT2D eigenvalue weighted by Crippen LogP contribution is -2.42. The molecule has 0 bridgehead atoms. The molecule has 1 rings (SSSR count). The summed E-state index contributed by atoms with van der Waals surface area (Å²) in [4.78, 5) is 14.7. The van der Waals surface area contributed by atoms with Gasteiger partial charge in [0.25, 0.3) is 0 Å². The molecule has 0 aliphatic carbocycles. The summed E-state index contributed by atoms with van der Waals surface area (Å²) in [5, 5.41) is 17.6. The summed E-state index contributed by atoms with van der Waals surface area (Å²) in [6.07, 6.45) is 0. The molecule has 4 N–H and O–H groups in total. The summed E-state index contributed by atoms with van der Waals surface area (Å²) < 4.78 is 0. The molecule has 0 fully saturated rings. The van der Waals surface area contributed by atoms with E-state index in [9.17, 15) is 4.79 Å². The number of hydrogen-bond donors (Lipinski definition) is 3. The van der Waals surface area contributed by atoms with E-state index in [-0.39, 0.29) is 12.3 Å². The second-order valence-corrected chi connectivity index (χ2v) is 3.18. The second-order valence-electron chi connectivity index (χ2n) is 3.18. The molecule has 76 valence electrons. The van der Waals surface area contributed by atoms with Gasteiger partial charge in [-0.15, -0.1) is 0 Å². The van der Waals surface area contributed by atoms with Crippen LogP contribution in [0.2, 0.25) is 0 Å². The van der Waals surface area contributed by atoms with Gasteiger partial charge in [0, 0.05) is 0 Å². The van der Waals surface area contributed by atoms with Crippen molar-refractivity contribution in [2.24, 2.45) is 5.73 Å². The largest absolute Gasteiger partial charge is 0.480 e. The van der Waals surface area contributed by atoms with Gasteiger partial charge in [-0.1, -0.05) is 6.07 Å². The Morgan fingerprint density at radius 1 is 1.64 bits per heavy atom. The van der Waals surface area contributed by atoms with E-state index in [1.165, 1.54) is 13.0 Å². The predicted molar refractivity (Wildman–Crippen MR) is 49.3 cm³/mol. The highest BCUT2D eigenvalue weighted by molar-refractivity contribution is 5.79. The van der Waals surface area contributed by atoms with Gasteiger partial charge in [-0.2, -0.15) is 0 Å². The highest BCUT2D eigenvalue weighted by Crippen LogP contribution is 2.15. The fourth-order valence-corrected chi connectivity index (χ4v) is 0.966. The zero-order chi connectivity index (χ0) is 10.8. The lowest BCUT2D eigenvalue weighted by molar-refractivity contribution is -0.143. The molecular formula is C9H12N2O3. The third-order valence-corrected chi connectivity index (χ3v) is 1.95. The van der Waals surface area contributed by atoms with Crippen LogP contribution in [0.1, 0.15) is 18.3 Å². The van der Waals surface area contributed by atoms with E-state index < -0.39 is 11.5 Å². The minimum absolute atomic E-state index is 0.233. The first-order valence-corrected chi connectivity index (χ1v) is 4.08. The van der Waals surface area contributed by atoms with Crippen LogP contribution in [0.4, 0.5) is 0 Å². The van der Waals surface area contributed by atoms with Crippen LogP contribution in [0.25, 0.3) is 0 Å². The molecule has 0 aliphatic rings. The van der Waals surface area contributed by atoms with Gasteiger partial charge in [0.05, 0.1) is 18.0 Å². The van der Waals surface area contributed by atoms with Crippen molar-refractivity contribution in [1.82, 2.24) is 4.98 Å². The number of nitrogens with zero attached hydrogens (tertiary/aromatic N) is 1. The average Bonchev–Trinajstić information content (AvgIpc) is 2.17. The molecule has 14 heavy (non-hydrogen) atoms. The summed E-state index contributed by atoms with van der Waals surface area (Å²) in [5.74, 6) is -1.15. The SMILES string of the molecule is C[C@](N)(C(=O)O)c1cccc(CO)n1. The molecule has 0 unspecified atom stereocenters. The Morgan fingerprint density at radius 2 is 2.29 bits per heavy atom. The number of carboxylic acids is 1. The van der Waals surface area contributed by atoms with Gasteiger partial charge < -0.3 is 15.9 Å². The third-order valence-electron chi connectivity index (χ3n) is 1.95. The first kappa shape index (κ1) is 10.6. The summed E-state index contributed by atoms with van der Waals surface area (Å²) in [7, 11) is 0. The van der Waals surface area contributed by atoms with Crippen LogP contribution >= 0.6 is 0 Å². The van der Waals surface area contributed by atoms with E-state index in [2.05, 4.69) is 4.98 Å². The molecule has 0 amide bonds. The summed E-state index contributed by atoms with van der Waals surface area (Å²) >= 11 is 0. The van der Waals surface area contributed by atoms with Gasteiger partial charge >= 0.3 is 5.97 Å². The minimum atomic E-state index is -1.52. The third kappa shape index (κ3) is 1.89. The highest BCUT2D eigenvalue weighted by Gasteiger charge is 2.31. The zero-order valence-corrected chi connectivity index (χ0v) is 7.77. The number of carbonyl (C=O) groups is 1. The molecule has 0 aromatic carbocycles. The number of nitrogens with two attached hydrogens (primary N) is 1. The predicted octanol–water partition coefficient (Wildman–Crippen LogP) is -0.168. The van der Waals surface area contributed by atoms with Crippen molar-refractivity contribution in [3.8, 4) is 0 Å². The Bertz CT molecular complexity index is 350. The smallest absolute Gasteiger partial charge is 0.329 e. The quantitative estimate of drug-likeness (QED) is 0.623. The first-order chi connectivity index (χ1) is 6.48. The summed E-state index contributed by atoms with van der Waals surface area (Å²) in [6.45, 7) is 1.13. The summed E-state index contributed by atoms with van der Waals surface area (Å²) in [6, 6.07) is 4.73. The van der Waals surface area contributed by atoms with Crippen molar-refractivity contribution < 1.29 is 15.0 Å². The molecule has 1 aromatic rings.